The standard InChI is InChI=1S/C13H19N3O3/c1-19-9-11-4-2-10(3-5-11)7-15-13(18)8-16-12(17)6-14/h2-5H,6-9,14H2,1H3,(H,15,18)(H,16,17). The number of rotatable bonds is 7. The van der Waals surface area contributed by atoms with E-state index in [-0.39, 0.29) is 24.9 Å². The highest BCUT2D eigenvalue weighted by molar-refractivity contribution is 5.85. The summed E-state index contributed by atoms with van der Waals surface area (Å²) >= 11 is 0. The molecule has 0 fully saturated rings. The Labute approximate surface area is 112 Å². The summed E-state index contributed by atoms with van der Waals surface area (Å²) in [5.74, 6) is -0.596. The summed E-state index contributed by atoms with van der Waals surface area (Å²) < 4.78 is 5.01. The molecule has 1 aromatic carbocycles. The van der Waals surface area contributed by atoms with Crippen LogP contribution in [0.5, 0.6) is 0 Å². The van der Waals surface area contributed by atoms with Crippen LogP contribution in [0.1, 0.15) is 11.1 Å². The number of amides is 2. The molecule has 2 amide bonds. The molecule has 0 unspecified atom stereocenters. The van der Waals surface area contributed by atoms with Gasteiger partial charge in [-0.2, -0.15) is 0 Å². The second-order valence-corrected chi connectivity index (χ2v) is 4.01. The lowest BCUT2D eigenvalue weighted by Crippen LogP contribution is -2.39. The second-order valence-electron chi connectivity index (χ2n) is 4.01. The Kier molecular flexibility index (Phi) is 6.56. The average molecular weight is 265 g/mol. The number of ether oxygens (including phenoxy) is 1. The number of carbonyl (C=O) groups is 2. The quantitative estimate of drug-likeness (QED) is 0.621. The molecule has 4 N–H and O–H groups in total. The summed E-state index contributed by atoms with van der Waals surface area (Å²) in [5, 5.41) is 5.11. The Morgan fingerprint density at radius 2 is 1.74 bits per heavy atom. The van der Waals surface area contributed by atoms with Crippen molar-refractivity contribution in [2.75, 3.05) is 20.2 Å². The van der Waals surface area contributed by atoms with Crippen molar-refractivity contribution < 1.29 is 14.3 Å². The van der Waals surface area contributed by atoms with Crippen LogP contribution in [0.3, 0.4) is 0 Å². The summed E-state index contributed by atoms with van der Waals surface area (Å²) in [6.45, 7) is 0.814. The van der Waals surface area contributed by atoms with E-state index in [4.69, 9.17) is 10.5 Å². The topological polar surface area (TPSA) is 93.5 Å². The van der Waals surface area contributed by atoms with Crippen LogP contribution in [-0.4, -0.2) is 32.0 Å². The molecule has 0 atom stereocenters. The van der Waals surface area contributed by atoms with E-state index in [0.29, 0.717) is 13.2 Å². The number of nitrogens with one attached hydrogen (secondary N) is 2. The molecule has 0 aromatic heterocycles. The fraction of sp³-hybridized carbons (Fsp3) is 0.385. The third-order valence-corrected chi connectivity index (χ3v) is 2.46. The van der Waals surface area contributed by atoms with Crippen molar-refractivity contribution in [1.82, 2.24) is 10.6 Å². The first kappa shape index (κ1) is 15.1. The smallest absolute Gasteiger partial charge is 0.239 e. The Hall–Kier alpha value is -1.92. The Balaban J connectivity index is 2.31. The van der Waals surface area contributed by atoms with Crippen LogP contribution in [0, 0.1) is 0 Å². The maximum absolute atomic E-state index is 11.4. The minimum absolute atomic E-state index is 0.0577. The van der Waals surface area contributed by atoms with Gasteiger partial charge in [-0.25, -0.2) is 0 Å². The number of methoxy groups -OCH3 is 1. The van der Waals surface area contributed by atoms with E-state index in [0.717, 1.165) is 11.1 Å². The maximum atomic E-state index is 11.4. The van der Waals surface area contributed by atoms with Crippen molar-refractivity contribution in [2.24, 2.45) is 5.73 Å². The van der Waals surface area contributed by atoms with Gasteiger partial charge in [0.25, 0.3) is 0 Å². The summed E-state index contributed by atoms with van der Waals surface area (Å²) in [6, 6.07) is 7.74. The van der Waals surface area contributed by atoms with E-state index >= 15 is 0 Å². The predicted molar refractivity (Wildman–Crippen MR) is 71.1 cm³/mol. The van der Waals surface area contributed by atoms with Gasteiger partial charge in [-0.3, -0.25) is 9.59 Å². The van der Waals surface area contributed by atoms with E-state index in [9.17, 15) is 9.59 Å². The molecular weight excluding hydrogens is 246 g/mol. The van der Waals surface area contributed by atoms with Gasteiger partial charge in [0.2, 0.25) is 11.8 Å². The van der Waals surface area contributed by atoms with Crippen LogP contribution in [-0.2, 0) is 27.5 Å². The van der Waals surface area contributed by atoms with Crippen molar-refractivity contribution in [3.8, 4) is 0 Å². The average Bonchev–Trinajstić information content (AvgIpc) is 2.44. The van der Waals surface area contributed by atoms with Crippen LogP contribution in [0.4, 0.5) is 0 Å². The Morgan fingerprint density at radius 3 is 2.32 bits per heavy atom. The van der Waals surface area contributed by atoms with Gasteiger partial charge in [0, 0.05) is 13.7 Å². The van der Waals surface area contributed by atoms with Crippen LogP contribution >= 0.6 is 0 Å². The van der Waals surface area contributed by atoms with Gasteiger partial charge in [-0.05, 0) is 11.1 Å². The molecule has 1 aromatic rings. The highest BCUT2D eigenvalue weighted by atomic mass is 16.5. The van der Waals surface area contributed by atoms with Crippen molar-refractivity contribution in [1.29, 1.82) is 0 Å². The predicted octanol–water partition coefficient (Wildman–Crippen LogP) is -0.476. The van der Waals surface area contributed by atoms with Crippen LogP contribution in [0.15, 0.2) is 24.3 Å². The van der Waals surface area contributed by atoms with E-state index in [1.165, 1.54) is 0 Å². The highest BCUT2D eigenvalue weighted by Gasteiger charge is 2.03. The largest absolute Gasteiger partial charge is 0.380 e. The molecule has 19 heavy (non-hydrogen) atoms. The van der Waals surface area contributed by atoms with Gasteiger partial charge < -0.3 is 21.1 Å². The zero-order valence-corrected chi connectivity index (χ0v) is 10.9. The summed E-state index contributed by atoms with van der Waals surface area (Å²) in [6.07, 6.45) is 0. The molecule has 1 rings (SSSR count). The first-order valence-electron chi connectivity index (χ1n) is 5.96. The molecule has 0 spiro atoms. The van der Waals surface area contributed by atoms with Gasteiger partial charge in [-0.1, -0.05) is 24.3 Å². The molecule has 0 heterocycles. The monoisotopic (exact) mass is 265 g/mol. The lowest BCUT2D eigenvalue weighted by atomic mass is 10.1. The molecular formula is C13H19N3O3. The number of carbonyl (C=O) groups excluding carboxylic acids is 2. The first-order valence-corrected chi connectivity index (χ1v) is 5.96. The van der Waals surface area contributed by atoms with E-state index in [1.54, 1.807) is 7.11 Å². The van der Waals surface area contributed by atoms with Gasteiger partial charge in [0.1, 0.15) is 0 Å². The van der Waals surface area contributed by atoms with Gasteiger partial charge in [0.05, 0.1) is 19.7 Å². The molecule has 0 saturated heterocycles. The number of nitrogens with two attached hydrogens (primary N) is 1. The molecule has 6 nitrogen and oxygen atoms in total. The number of hydrogen-bond acceptors (Lipinski definition) is 4. The third kappa shape index (κ3) is 5.98. The number of hydrogen-bond donors (Lipinski definition) is 3. The van der Waals surface area contributed by atoms with Crippen LogP contribution in [0.2, 0.25) is 0 Å². The molecule has 6 heteroatoms. The van der Waals surface area contributed by atoms with E-state index in [1.807, 2.05) is 24.3 Å². The second kappa shape index (κ2) is 8.23. The zero-order valence-electron chi connectivity index (χ0n) is 10.9. The fourth-order valence-electron chi connectivity index (χ4n) is 1.43. The van der Waals surface area contributed by atoms with Gasteiger partial charge in [0.15, 0.2) is 0 Å². The highest BCUT2D eigenvalue weighted by Crippen LogP contribution is 2.05. The van der Waals surface area contributed by atoms with Crippen LogP contribution in [0.25, 0.3) is 0 Å². The van der Waals surface area contributed by atoms with Crippen molar-refractivity contribution >= 4 is 11.8 Å². The normalized spacial score (nSPS) is 10.0. The van der Waals surface area contributed by atoms with Crippen molar-refractivity contribution in [3.05, 3.63) is 35.4 Å². The molecule has 0 aliphatic carbocycles. The maximum Gasteiger partial charge on any atom is 0.239 e. The van der Waals surface area contributed by atoms with Gasteiger partial charge >= 0.3 is 0 Å². The molecule has 0 bridgehead atoms. The lowest BCUT2D eigenvalue weighted by Gasteiger charge is -2.07. The number of benzene rings is 1. The summed E-state index contributed by atoms with van der Waals surface area (Å²) in [7, 11) is 1.64. The van der Waals surface area contributed by atoms with Crippen molar-refractivity contribution in [2.45, 2.75) is 13.2 Å². The zero-order chi connectivity index (χ0) is 14.1. The summed E-state index contributed by atoms with van der Waals surface area (Å²) in [5.41, 5.74) is 7.17. The van der Waals surface area contributed by atoms with E-state index in [2.05, 4.69) is 10.6 Å². The Morgan fingerprint density at radius 1 is 1.11 bits per heavy atom. The lowest BCUT2D eigenvalue weighted by molar-refractivity contribution is -0.125. The molecule has 0 aliphatic heterocycles. The minimum Gasteiger partial charge on any atom is -0.380 e. The molecule has 0 saturated carbocycles. The van der Waals surface area contributed by atoms with E-state index < -0.39 is 0 Å². The molecule has 0 aliphatic rings. The molecule has 104 valence electrons. The summed E-state index contributed by atoms with van der Waals surface area (Å²) in [4.78, 5) is 22.3. The fourth-order valence-corrected chi connectivity index (χ4v) is 1.43. The van der Waals surface area contributed by atoms with Crippen LogP contribution < -0.4 is 16.4 Å². The molecule has 0 radical (unpaired) electrons. The Bertz CT molecular complexity index is 418. The minimum atomic E-state index is -0.348. The van der Waals surface area contributed by atoms with Gasteiger partial charge in [-0.15, -0.1) is 0 Å². The SMILES string of the molecule is COCc1ccc(CNC(=O)CNC(=O)CN)cc1. The third-order valence-electron chi connectivity index (χ3n) is 2.46. The van der Waals surface area contributed by atoms with Crippen molar-refractivity contribution in [3.63, 3.8) is 0 Å². The first-order chi connectivity index (χ1) is 9.15.